The molecule has 0 amide bonds. The molecule has 0 aromatic carbocycles. The Morgan fingerprint density at radius 2 is 1.77 bits per heavy atom. The highest BCUT2D eigenvalue weighted by Gasteiger charge is 2.66. The van der Waals surface area contributed by atoms with Gasteiger partial charge in [0.2, 0.25) is 0 Å². The molecule has 3 heteroatoms. The van der Waals surface area contributed by atoms with Gasteiger partial charge in [0.25, 0.3) is 0 Å². The molecule has 22 heavy (non-hydrogen) atoms. The van der Waals surface area contributed by atoms with E-state index >= 15 is 0 Å². The third kappa shape index (κ3) is 1.67. The maximum absolute atomic E-state index is 12.4. The lowest BCUT2D eigenvalue weighted by molar-refractivity contribution is -0.236. The highest BCUT2D eigenvalue weighted by molar-refractivity contribution is 5.87. The lowest BCUT2D eigenvalue weighted by Crippen LogP contribution is -2.65. The van der Waals surface area contributed by atoms with Crippen LogP contribution in [0, 0.1) is 28.6 Å². The third-order valence-corrected chi connectivity index (χ3v) is 8.53. The van der Waals surface area contributed by atoms with Crippen LogP contribution in [-0.4, -0.2) is 27.7 Å². The smallest absolute Gasteiger partial charge is 0.139 e. The van der Waals surface area contributed by atoms with Crippen molar-refractivity contribution in [2.24, 2.45) is 28.6 Å². The molecule has 0 aromatic heterocycles. The molecule has 4 saturated carbocycles. The van der Waals surface area contributed by atoms with E-state index in [0.717, 1.165) is 51.4 Å². The first-order chi connectivity index (χ1) is 10.3. The molecule has 0 aromatic rings. The molecule has 4 rings (SSSR count). The van der Waals surface area contributed by atoms with Gasteiger partial charge < -0.3 is 10.2 Å². The van der Waals surface area contributed by atoms with Gasteiger partial charge in [-0.05, 0) is 74.5 Å². The van der Waals surface area contributed by atoms with Gasteiger partial charge in [0.1, 0.15) is 5.78 Å². The van der Waals surface area contributed by atoms with Crippen LogP contribution in [0.3, 0.4) is 0 Å². The second-order valence-electron chi connectivity index (χ2n) is 9.14. The summed E-state index contributed by atoms with van der Waals surface area (Å²) in [5, 5.41) is 21.8. The van der Waals surface area contributed by atoms with Crippen LogP contribution >= 0.6 is 0 Å². The zero-order chi connectivity index (χ0) is 15.8. The average molecular weight is 306 g/mol. The molecule has 4 aliphatic rings. The fourth-order valence-electron chi connectivity index (χ4n) is 6.95. The van der Waals surface area contributed by atoms with Crippen LogP contribution in [0.5, 0.6) is 0 Å². The Hall–Kier alpha value is -0.410. The normalized spacial score (nSPS) is 57.9. The van der Waals surface area contributed by atoms with E-state index in [1.807, 2.05) is 0 Å². The van der Waals surface area contributed by atoms with Crippen molar-refractivity contribution in [2.45, 2.75) is 83.3 Å². The second-order valence-corrected chi connectivity index (χ2v) is 9.14. The van der Waals surface area contributed by atoms with E-state index < -0.39 is 5.60 Å². The summed E-state index contributed by atoms with van der Waals surface area (Å²) in [7, 11) is 0. The van der Waals surface area contributed by atoms with Crippen LogP contribution in [0.25, 0.3) is 0 Å². The lowest BCUT2D eigenvalue weighted by atomic mass is 9.43. The van der Waals surface area contributed by atoms with E-state index in [-0.39, 0.29) is 22.9 Å². The van der Waals surface area contributed by atoms with Crippen molar-refractivity contribution >= 4 is 5.78 Å². The number of aliphatic hydroxyl groups excluding tert-OH is 1. The van der Waals surface area contributed by atoms with Crippen molar-refractivity contribution in [2.75, 3.05) is 0 Å². The molecule has 5 unspecified atom stereocenters. The second kappa shape index (κ2) is 4.57. The standard InChI is InChI=1S/C19H30O3/c1-17-9-10-19(22)15(14(17)5-6-16(17)21)4-3-12-11-13(20)7-8-18(12,19)2/h12-15,20,22H,3-11H2,1-2H3/t12-,13?,14?,15?,17?,18?,19+/m0/s1. The van der Waals surface area contributed by atoms with Gasteiger partial charge in [-0.3, -0.25) is 4.79 Å². The molecule has 0 bridgehead atoms. The van der Waals surface area contributed by atoms with E-state index in [2.05, 4.69) is 13.8 Å². The molecule has 0 radical (unpaired) electrons. The topological polar surface area (TPSA) is 57.5 Å². The van der Waals surface area contributed by atoms with Gasteiger partial charge in [-0.25, -0.2) is 0 Å². The summed E-state index contributed by atoms with van der Waals surface area (Å²) in [5.41, 5.74) is -0.860. The highest BCUT2D eigenvalue weighted by atomic mass is 16.3. The summed E-state index contributed by atoms with van der Waals surface area (Å²) in [6.07, 6.45) is 7.91. The van der Waals surface area contributed by atoms with Gasteiger partial charge in [0, 0.05) is 11.8 Å². The Morgan fingerprint density at radius 3 is 2.55 bits per heavy atom. The molecular formula is C19H30O3. The Labute approximate surface area is 133 Å². The fraction of sp³-hybridized carbons (Fsp3) is 0.947. The van der Waals surface area contributed by atoms with Crippen LogP contribution in [0.15, 0.2) is 0 Å². The van der Waals surface area contributed by atoms with E-state index in [0.29, 0.717) is 24.0 Å². The number of aliphatic hydroxyl groups is 2. The van der Waals surface area contributed by atoms with Gasteiger partial charge in [0.15, 0.2) is 0 Å². The number of carbonyl (C=O) groups is 1. The van der Waals surface area contributed by atoms with Crippen molar-refractivity contribution in [3.8, 4) is 0 Å². The molecule has 0 heterocycles. The minimum Gasteiger partial charge on any atom is -0.393 e. The van der Waals surface area contributed by atoms with Crippen molar-refractivity contribution in [1.82, 2.24) is 0 Å². The Morgan fingerprint density at radius 1 is 1.00 bits per heavy atom. The monoisotopic (exact) mass is 306 g/mol. The fourth-order valence-corrected chi connectivity index (χ4v) is 6.95. The summed E-state index contributed by atoms with van der Waals surface area (Å²) in [6, 6.07) is 0. The number of rotatable bonds is 0. The molecule has 4 fully saturated rings. The zero-order valence-electron chi connectivity index (χ0n) is 14.0. The zero-order valence-corrected chi connectivity index (χ0v) is 14.0. The molecule has 4 aliphatic carbocycles. The van der Waals surface area contributed by atoms with Gasteiger partial charge in [0.05, 0.1) is 11.7 Å². The minimum atomic E-state index is -0.620. The average Bonchev–Trinajstić information content (AvgIpc) is 2.77. The molecular weight excluding hydrogens is 276 g/mol. The molecule has 0 saturated heterocycles. The first kappa shape index (κ1) is 15.1. The SMILES string of the molecule is CC12CC[C@@]3(O)C(CC[C@H]4CC(O)CCC43C)C1CCC2=O. The van der Waals surface area contributed by atoms with Gasteiger partial charge >= 0.3 is 0 Å². The van der Waals surface area contributed by atoms with Crippen LogP contribution in [0.2, 0.25) is 0 Å². The van der Waals surface area contributed by atoms with E-state index in [1.165, 1.54) is 0 Å². The quantitative estimate of drug-likeness (QED) is 0.723. The summed E-state index contributed by atoms with van der Waals surface area (Å²) in [6.45, 7) is 4.43. The molecule has 2 N–H and O–H groups in total. The number of hydrogen-bond acceptors (Lipinski definition) is 3. The van der Waals surface area contributed by atoms with E-state index in [4.69, 9.17) is 0 Å². The Kier molecular flexibility index (Phi) is 3.14. The Bertz CT molecular complexity index is 503. The molecule has 3 nitrogen and oxygen atoms in total. The molecule has 124 valence electrons. The van der Waals surface area contributed by atoms with Crippen LogP contribution < -0.4 is 0 Å². The summed E-state index contributed by atoms with van der Waals surface area (Å²) in [5.74, 6) is 1.54. The predicted molar refractivity (Wildman–Crippen MR) is 84.2 cm³/mol. The third-order valence-electron chi connectivity index (χ3n) is 8.53. The first-order valence-corrected chi connectivity index (χ1v) is 9.25. The van der Waals surface area contributed by atoms with Crippen LogP contribution in [0.4, 0.5) is 0 Å². The number of carbonyl (C=O) groups excluding carboxylic acids is 1. The van der Waals surface area contributed by atoms with Crippen LogP contribution in [0.1, 0.15) is 71.6 Å². The van der Waals surface area contributed by atoms with Crippen LogP contribution in [-0.2, 0) is 4.79 Å². The number of Topliss-reactive ketones (excluding diaryl/α,β-unsaturated/α-hetero) is 1. The van der Waals surface area contributed by atoms with E-state index in [9.17, 15) is 15.0 Å². The molecule has 0 aliphatic heterocycles. The van der Waals surface area contributed by atoms with Crippen molar-refractivity contribution in [3.05, 3.63) is 0 Å². The summed E-state index contributed by atoms with van der Waals surface area (Å²) in [4.78, 5) is 12.4. The van der Waals surface area contributed by atoms with Crippen molar-refractivity contribution < 1.29 is 15.0 Å². The summed E-state index contributed by atoms with van der Waals surface area (Å²) < 4.78 is 0. The number of ketones is 1. The Balaban J connectivity index is 1.71. The van der Waals surface area contributed by atoms with Crippen molar-refractivity contribution in [3.63, 3.8) is 0 Å². The lowest BCUT2D eigenvalue weighted by Gasteiger charge is -2.64. The van der Waals surface area contributed by atoms with Crippen molar-refractivity contribution in [1.29, 1.82) is 0 Å². The van der Waals surface area contributed by atoms with Gasteiger partial charge in [-0.2, -0.15) is 0 Å². The molecule has 7 atom stereocenters. The number of hydrogen-bond donors (Lipinski definition) is 2. The predicted octanol–water partition coefficient (Wildman–Crippen LogP) is 3.07. The largest absolute Gasteiger partial charge is 0.393 e. The first-order valence-electron chi connectivity index (χ1n) is 9.25. The minimum absolute atomic E-state index is 0.0673. The number of fused-ring (bicyclic) bond motifs is 5. The van der Waals surface area contributed by atoms with Gasteiger partial charge in [-0.1, -0.05) is 13.8 Å². The summed E-state index contributed by atoms with van der Waals surface area (Å²) >= 11 is 0. The highest BCUT2D eigenvalue weighted by Crippen LogP contribution is 2.67. The van der Waals surface area contributed by atoms with E-state index in [1.54, 1.807) is 0 Å². The maximum Gasteiger partial charge on any atom is 0.139 e. The maximum atomic E-state index is 12.4. The van der Waals surface area contributed by atoms with Gasteiger partial charge in [-0.15, -0.1) is 0 Å². The molecule has 0 spiro atoms.